The SMILES string of the molecule is Cc1ccc(CN)cc1-c1ccc(C)c(F)c1F. The molecule has 0 aromatic heterocycles. The highest BCUT2D eigenvalue weighted by Gasteiger charge is 2.14. The maximum atomic E-state index is 14.0. The molecule has 94 valence electrons. The van der Waals surface area contributed by atoms with Crippen molar-refractivity contribution in [3.8, 4) is 11.1 Å². The second kappa shape index (κ2) is 4.86. The fourth-order valence-electron chi connectivity index (χ4n) is 1.94. The molecule has 0 radical (unpaired) electrons. The standard InChI is InChI=1S/C15H15F2N/c1-9-3-5-11(8-18)7-13(9)12-6-4-10(2)14(16)15(12)17/h3-7H,8,18H2,1-2H3. The number of halogens is 2. The van der Waals surface area contributed by atoms with Crippen LogP contribution < -0.4 is 5.73 Å². The number of hydrogen-bond acceptors (Lipinski definition) is 1. The Morgan fingerprint density at radius 1 is 0.889 bits per heavy atom. The van der Waals surface area contributed by atoms with Crippen LogP contribution in [-0.2, 0) is 6.54 Å². The first-order valence-corrected chi connectivity index (χ1v) is 5.79. The van der Waals surface area contributed by atoms with E-state index in [-0.39, 0.29) is 5.56 Å². The molecule has 0 atom stereocenters. The summed E-state index contributed by atoms with van der Waals surface area (Å²) >= 11 is 0. The van der Waals surface area contributed by atoms with Crippen molar-refractivity contribution in [2.45, 2.75) is 20.4 Å². The molecule has 3 heteroatoms. The number of nitrogens with two attached hydrogens (primary N) is 1. The van der Waals surface area contributed by atoms with Crippen molar-refractivity contribution < 1.29 is 8.78 Å². The van der Waals surface area contributed by atoms with Gasteiger partial charge >= 0.3 is 0 Å². The van der Waals surface area contributed by atoms with Crippen LogP contribution in [0.5, 0.6) is 0 Å². The van der Waals surface area contributed by atoms with Gasteiger partial charge in [0.2, 0.25) is 0 Å². The van der Waals surface area contributed by atoms with E-state index < -0.39 is 11.6 Å². The van der Waals surface area contributed by atoms with Gasteiger partial charge in [-0.3, -0.25) is 0 Å². The van der Waals surface area contributed by atoms with E-state index in [2.05, 4.69) is 0 Å². The molecule has 0 bridgehead atoms. The number of aryl methyl sites for hydroxylation is 2. The molecular formula is C15H15F2N. The molecule has 0 amide bonds. The number of rotatable bonds is 2. The highest BCUT2D eigenvalue weighted by Crippen LogP contribution is 2.29. The lowest BCUT2D eigenvalue weighted by molar-refractivity contribution is 0.505. The van der Waals surface area contributed by atoms with E-state index in [1.54, 1.807) is 19.1 Å². The Kier molecular flexibility index (Phi) is 3.43. The zero-order valence-electron chi connectivity index (χ0n) is 10.4. The zero-order chi connectivity index (χ0) is 13.3. The lowest BCUT2D eigenvalue weighted by Gasteiger charge is -2.11. The molecule has 18 heavy (non-hydrogen) atoms. The molecule has 0 spiro atoms. The van der Waals surface area contributed by atoms with Crippen LogP contribution in [0.15, 0.2) is 30.3 Å². The van der Waals surface area contributed by atoms with Crippen molar-refractivity contribution in [2.75, 3.05) is 0 Å². The molecule has 0 aliphatic heterocycles. The third-order valence-electron chi connectivity index (χ3n) is 3.10. The predicted octanol–water partition coefficient (Wildman–Crippen LogP) is 3.71. The monoisotopic (exact) mass is 247 g/mol. The van der Waals surface area contributed by atoms with Crippen molar-refractivity contribution in [1.82, 2.24) is 0 Å². The maximum Gasteiger partial charge on any atom is 0.166 e. The molecule has 0 unspecified atom stereocenters. The molecule has 2 rings (SSSR count). The summed E-state index contributed by atoms with van der Waals surface area (Å²) in [5.74, 6) is -1.59. The second-order valence-electron chi connectivity index (χ2n) is 4.41. The van der Waals surface area contributed by atoms with Crippen LogP contribution in [0.4, 0.5) is 8.78 Å². The molecule has 2 aromatic rings. The summed E-state index contributed by atoms with van der Waals surface area (Å²) in [5, 5.41) is 0. The van der Waals surface area contributed by atoms with Gasteiger partial charge in [-0.15, -0.1) is 0 Å². The third-order valence-corrected chi connectivity index (χ3v) is 3.10. The van der Waals surface area contributed by atoms with Gasteiger partial charge in [-0.25, -0.2) is 8.78 Å². The number of benzene rings is 2. The number of hydrogen-bond donors (Lipinski definition) is 1. The van der Waals surface area contributed by atoms with Gasteiger partial charge in [0.25, 0.3) is 0 Å². The summed E-state index contributed by atoms with van der Waals surface area (Å²) in [6.07, 6.45) is 0. The summed E-state index contributed by atoms with van der Waals surface area (Å²) in [4.78, 5) is 0. The molecular weight excluding hydrogens is 232 g/mol. The van der Waals surface area contributed by atoms with Crippen molar-refractivity contribution in [2.24, 2.45) is 5.73 Å². The first-order valence-electron chi connectivity index (χ1n) is 5.79. The smallest absolute Gasteiger partial charge is 0.166 e. The van der Waals surface area contributed by atoms with Crippen LogP contribution in [0.2, 0.25) is 0 Å². The van der Waals surface area contributed by atoms with Gasteiger partial charge in [0.15, 0.2) is 11.6 Å². The Labute approximate surface area is 105 Å². The molecule has 0 aliphatic carbocycles. The van der Waals surface area contributed by atoms with Crippen LogP contribution >= 0.6 is 0 Å². The van der Waals surface area contributed by atoms with Crippen molar-refractivity contribution >= 4 is 0 Å². The topological polar surface area (TPSA) is 26.0 Å². The van der Waals surface area contributed by atoms with Gasteiger partial charge in [0.05, 0.1) is 0 Å². The minimum absolute atomic E-state index is 0.283. The molecule has 0 fully saturated rings. The summed E-state index contributed by atoms with van der Waals surface area (Å²) in [6.45, 7) is 3.79. The second-order valence-corrected chi connectivity index (χ2v) is 4.41. The summed E-state index contributed by atoms with van der Waals surface area (Å²) in [6, 6.07) is 8.76. The first kappa shape index (κ1) is 12.7. The van der Waals surface area contributed by atoms with Crippen molar-refractivity contribution in [3.63, 3.8) is 0 Å². The molecule has 2 aromatic carbocycles. The molecule has 2 N–H and O–H groups in total. The Bertz CT molecular complexity index is 591. The zero-order valence-corrected chi connectivity index (χ0v) is 10.4. The molecule has 1 nitrogen and oxygen atoms in total. The van der Waals surface area contributed by atoms with Gasteiger partial charge in [0.1, 0.15) is 0 Å². The lowest BCUT2D eigenvalue weighted by Crippen LogP contribution is -1.99. The highest BCUT2D eigenvalue weighted by atomic mass is 19.2. The summed E-state index contributed by atoms with van der Waals surface area (Å²) < 4.78 is 27.5. The quantitative estimate of drug-likeness (QED) is 0.860. The average Bonchev–Trinajstić information content (AvgIpc) is 2.37. The molecule has 0 aliphatic rings. The highest BCUT2D eigenvalue weighted by molar-refractivity contribution is 5.69. The van der Waals surface area contributed by atoms with Crippen molar-refractivity contribution in [3.05, 3.63) is 58.7 Å². The Morgan fingerprint density at radius 3 is 2.22 bits per heavy atom. The summed E-state index contributed by atoms with van der Waals surface area (Å²) in [5.41, 5.74) is 8.65. The Morgan fingerprint density at radius 2 is 1.56 bits per heavy atom. The van der Waals surface area contributed by atoms with E-state index in [0.717, 1.165) is 11.1 Å². The van der Waals surface area contributed by atoms with Gasteiger partial charge in [-0.05, 0) is 42.2 Å². The van der Waals surface area contributed by atoms with Gasteiger partial charge in [-0.2, -0.15) is 0 Å². The van der Waals surface area contributed by atoms with E-state index in [9.17, 15) is 8.78 Å². The lowest BCUT2D eigenvalue weighted by atomic mass is 9.96. The van der Waals surface area contributed by atoms with E-state index >= 15 is 0 Å². The van der Waals surface area contributed by atoms with Crippen molar-refractivity contribution in [1.29, 1.82) is 0 Å². The predicted molar refractivity (Wildman–Crippen MR) is 69.2 cm³/mol. The van der Waals surface area contributed by atoms with Crippen LogP contribution in [-0.4, -0.2) is 0 Å². The van der Waals surface area contributed by atoms with Crippen LogP contribution in [0, 0.1) is 25.5 Å². The van der Waals surface area contributed by atoms with E-state index in [0.29, 0.717) is 17.7 Å². The first-order chi connectivity index (χ1) is 8.54. The largest absolute Gasteiger partial charge is 0.326 e. The van der Waals surface area contributed by atoms with Crippen LogP contribution in [0.3, 0.4) is 0 Å². The fourth-order valence-corrected chi connectivity index (χ4v) is 1.94. The summed E-state index contributed by atoms with van der Waals surface area (Å²) in [7, 11) is 0. The van der Waals surface area contributed by atoms with Crippen LogP contribution in [0.1, 0.15) is 16.7 Å². The van der Waals surface area contributed by atoms with Crippen LogP contribution in [0.25, 0.3) is 11.1 Å². The van der Waals surface area contributed by atoms with Gasteiger partial charge in [0, 0.05) is 12.1 Å². The van der Waals surface area contributed by atoms with E-state index in [1.807, 2.05) is 25.1 Å². The Balaban J connectivity index is 2.65. The van der Waals surface area contributed by atoms with E-state index in [4.69, 9.17) is 5.73 Å². The maximum absolute atomic E-state index is 14.0. The minimum atomic E-state index is -0.799. The molecule has 0 saturated carbocycles. The fraction of sp³-hybridized carbons (Fsp3) is 0.200. The van der Waals surface area contributed by atoms with E-state index in [1.165, 1.54) is 0 Å². The third kappa shape index (κ3) is 2.14. The van der Waals surface area contributed by atoms with Gasteiger partial charge < -0.3 is 5.73 Å². The molecule has 0 heterocycles. The molecule has 0 saturated heterocycles. The minimum Gasteiger partial charge on any atom is -0.326 e. The normalized spacial score (nSPS) is 10.7. The Hall–Kier alpha value is -1.74. The van der Waals surface area contributed by atoms with Gasteiger partial charge in [-0.1, -0.05) is 24.3 Å². The average molecular weight is 247 g/mol.